The summed E-state index contributed by atoms with van der Waals surface area (Å²) in [5.41, 5.74) is 2.79. The number of carboxylic acids is 1. The van der Waals surface area contributed by atoms with E-state index in [0.717, 1.165) is 5.56 Å². The molecule has 2 aromatic rings. The number of carbonyl (C=O) groups is 4. The van der Waals surface area contributed by atoms with E-state index in [1.807, 2.05) is 31.2 Å². The summed E-state index contributed by atoms with van der Waals surface area (Å²) in [6, 6.07) is 11.7. The summed E-state index contributed by atoms with van der Waals surface area (Å²) in [6.45, 7) is 4.00. The van der Waals surface area contributed by atoms with Crippen LogP contribution in [0, 0.1) is 12.8 Å². The van der Waals surface area contributed by atoms with Crippen LogP contribution < -0.4 is 20.7 Å². The molecular weight excluding hydrogens is 478 g/mol. The first kappa shape index (κ1) is 29.0. The van der Waals surface area contributed by atoms with Crippen LogP contribution in [0.25, 0.3) is 0 Å². The molecule has 11 heteroatoms. The van der Waals surface area contributed by atoms with Crippen molar-refractivity contribution in [2.45, 2.75) is 20.3 Å². The molecule has 0 aliphatic heterocycles. The Bertz CT molecular complexity index is 1120. The van der Waals surface area contributed by atoms with E-state index < -0.39 is 23.9 Å². The maximum atomic E-state index is 12.7. The number of hydrogen-bond donors (Lipinski definition) is 4. The first-order valence-corrected chi connectivity index (χ1v) is 11.8. The number of urea groups is 2. The van der Waals surface area contributed by atoms with Crippen molar-refractivity contribution in [3.8, 4) is 5.75 Å². The molecule has 2 aromatic carbocycles. The molecule has 0 radical (unpaired) electrons. The number of likely N-dealkylation sites (N-methyl/N-ethyl adjacent to an activating group) is 2. The fraction of sp³-hybridized carbons (Fsp3) is 0.385. The lowest BCUT2D eigenvalue weighted by molar-refractivity contribution is -0.140. The quantitative estimate of drug-likeness (QED) is 0.364. The fourth-order valence-electron chi connectivity index (χ4n) is 3.24. The zero-order chi connectivity index (χ0) is 27.5. The second-order valence-corrected chi connectivity index (χ2v) is 8.77. The Morgan fingerprint density at radius 3 is 2.27 bits per heavy atom. The van der Waals surface area contributed by atoms with E-state index in [1.54, 1.807) is 32.3 Å². The summed E-state index contributed by atoms with van der Waals surface area (Å²) in [4.78, 5) is 51.0. The van der Waals surface area contributed by atoms with E-state index in [0.29, 0.717) is 29.2 Å². The van der Waals surface area contributed by atoms with Gasteiger partial charge in [0, 0.05) is 39.4 Å². The number of rotatable bonds is 11. The average Bonchev–Trinajstić information content (AvgIpc) is 2.87. The monoisotopic (exact) mass is 513 g/mol. The average molecular weight is 514 g/mol. The van der Waals surface area contributed by atoms with Crippen LogP contribution in [-0.4, -0.2) is 79.7 Å². The van der Waals surface area contributed by atoms with Crippen LogP contribution in [0.2, 0.25) is 0 Å². The van der Waals surface area contributed by atoms with E-state index in [2.05, 4.69) is 16.0 Å². The number of carbonyl (C=O) groups excluding carboxylic acids is 3. The van der Waals surface area contributed by atoms with Crippen molar-refractivity contribution in [2.24, 2.45) is 5.92 Å². The Morgan fingerprint density at radius 2 is 1.62 bits per heavy atom. The normalized spacial score (nSPS) is 11.2. The third-order valence-corrected chi connectivity index (χ3v) is 5.79. The second-order valence-electron chi connectivity index (χ2n) is 8.77. The Morgan fingerprint density at radius 1 is 0.973 bits per heavy atom. The number of carboxylic acid groups (broad SMARTS) is 1. The molecule has 0 bridgehead atoms. The number of ether oxygens (including phenoxy) is 1. The highest BCUT2D eigenvalue weighted by atomic mass is 16.5. The number of nitrogens with zero attached hydrogens (tertiary/aromatic N) is 2. The maximum absolute atomic E-state index is 12.7. The first-order chi connectivity index (χ1) is 17.5. The van der Waals surface area contributed by atoms with Crippen LogP contribution in [0.3, 0.4) is 0 Å². The highest BCUT2D eigenvalue weighted by molar-refractivity contribution is 6.01. The first-order valence-electron chi connectivity index (χ1n) is 11.8. The number of nitrogens with one attached hydrogen (secondary N) is 3. The van der Waals surface area contributed by atoms with Crippen molar-refractivity contribution >= 4 is 35.3 Å². The molecule has 5 amide bonds. The number of hydrogen-bond acceptors (Lipinski definition) is 5. The van der Waals surface area contributed by atoms with Gasteiger partial charge in [-0.1, -0.05) is 31.2 Å². The molecular formula is C26H35N5O6. The number of amides is 5. The molecule has 200 valence electrons. The molecule has 11 nitrogen and oxygen atoms in total. The molecule has 0 aliphatic rings. The Hall–Kier alpha value is -4.28. The van der Waals surface area contributed by atoms with E-state index >= 15 is 0 Å². The summed E-state index contributed by atoms with van der Waals surface area (Å²) >= 11 is 0. The van der Waals surface area contributed by atoms with E-state index in [4.69, 9.17) is 9.84 Å². The number of aryl methyl sites for hydroxylation is 1. The van der Waals surface area contributed by atoms with Crippen LogP contribution in [0.1, 0.15) is 18.1 Å². The van der Waals surface area contributed by atoms with Crippen molar-refractivity contribution in [2.75, 3.05) is 51.5 Å². The molecule has 4 N–H and O–H groups in total. The minimum Gasteiger partial charge on any atom is -0.495 e. The molecule has 0 spiro atoms. The van der Waals surface area contributed by atoms with Crippen LogP contribution in [0.5, 0.6) is 5.75 Å². The number of benzene rings is 2. The summed E-state index contributed by atoms with van der Waals surface area (Å²) in [5, 5.41) is 17.0. The summed E-state index contributed by atoms with van der Waals surface area (Å²) < 4.78 is 5.41. The second kappa shape index (κ2) is 13.7. The fourth-order valence-corrected chi connectivity index (χ4v) is 3.24. The van der Waals surface area contributed by atoms with E-state index in [9.17, 15) is 19.2 Å². The lowest BCUT2D eigenvalue weighted by Crippen LogP contribution is -2.44. The van der Waals surface area contributed by atoms with Crippen molar-refractivity contribution in [1.82, 2.24) is 15.1 Å². The SMILES string of the molecule is COc1cc(CC(=O)N(C)CCN(C)C(=O)NCC(C)C(=O)O)ccc1NC(=O)Nc1ccccc1C. The van der Waals surface area contributed by atoms with Crippen LogP contribution >= 0.6 is 0 Å². The number of para-hydroxylation sites is 1. The molecule has 0 aliphatic carbocycles. The van der Waals surface area contributed by atoms with Gasteiger partial charge in [0.15, 0.2) is 0 Å². The van der Waals surface area contributed by atoms with E-state index in [-0.39, 0.29) is 25.4 Å². The van der Waals surface area contributed by atoms with Gasteiger partial charge >= 0.3 is 18.0 Å². The third-order valence-electron chi connectivity index (χ3n) is 5.79. The van der Waals surface area contributed by atoms with Gasteiger partial charge in [0.1, 0.15) is 5.75 Å². The molecule has 1 unspecified atom stereocenters. The van der Waals surface area contributed by atoms with Gasteiger partial charge in [-0.2, -0.15) is 0 Å². The van der Waals surface area contributed by atoms with Crippen molar-refractivity contribution in [3.63, 3.8) is 0 Å². The lowest BCUT2D eigenvalue weighted by atomic mass is 10.1. The molecule has 0 saturated carbocycles. The zero-order valence-corrected chi connectivity index (χ0v) is 21.8. The summed E-state index contributed by atoms with van der Waals surface area (Å²) in [6.07, 6.45) is 0.106. The molecule has 0 heterocycles. The highest BCUT2D eigenvalue weighted by Crippen LogP contribution is 2.26. The highest BCUT2D eigenvalue weighted by Gasteiger charge is 2.17. The summed E-state index contributed by atoms with van der Waals surface area (Å²) in [5.74, 6) is -1.42. The third kappa shape index (κ3) is 9.02. The van der Waals surface area contributed by atoms with Gasteiger partial charge in [0.25, 0.3) is 0 Å². The Labute approximate surface area is 216 Å². The topological polar surface area (TPSA) is 140 Å². The van der Waals surface area contributed by atoms with Crippen molar-refractivity contribution in [1.29, 1.82) is 0 Å². The minimum atomic E-state index is -0.987. The van der Waals surface area contributed by atoms with Crippen LogP contribution in [0.4, 0.5) is 21.0 Å². The molecule has 2 rings (SSSR count). The number of aliphatic carboxylic acids is 1. The number of methoxy groups -OCH3 is 1. The molecule has 0 aromatic heterocycles. The molecule has 0 fully saturated rings. The lowest BCUT2D eigenvalue weighted by Gasteiger charge is -2.23. The molecule has 0 saturated heterocycles. The van der Waals surface area contributed by atoms with Gasteiger partial charge in [-0.25, -0.2) is 9.59 Å². The predicted octanol–water partition coefficient (Wildman–Crippen LogP) is 3.01. The standard InChI is InChI=1S/C26H35N5O6/c1-17-8-6-7-9-20(17)28-25(35)29-21-11-10-19(14-22(21)37-5)15-23(32)30(3)12-13-31(4)26(36)27-16-18(2)24(33)34/h6-11,14,18H,12-13,15-16H2,1-5H3,(H,27,36)(H,33,34)(H2,28,29,35). The van der Waals surface area contributed by atoms with E-state index in [1.165, 1.54) is 23.8 Å². The smallest absolute Gasteiger partial charge is 0.323 e. The Balaban J connectivity index is 1.89. The minimum absolute atomic E-state index is 0.0213. The van der Waals surface area contributed by atoms with Crippen molar-refractivity contribution < 1.29 is 29.0 Å². The molecule has 37 heavy (non-hydrogen) atoms. The maximum Gasteiger partial charge on any atom is 0.323 e. The molecule has 1 atom stereocenters. The Kier molecular flexibility index (Phi) is 10.7. The van der Waals surface area contributed by atoms with Gasteiger partial charge in [0.05, 0.1) is 25.1 Å². The van der Waals surface area contributed by atoms with Gasteiger partial charge in [-0.3, -0.25) is 9.59 Å². The summed E-state index contributed by atoms with van der Waals surface area (Å²) in [7, 11) is 4.70. The van der Waals surface area contributed by atoms with Gasteiger partial charge < -0.3 is 35.6 Å². The number of anilines is 2. The van der Waals surface area contributed by atoms with Gasteiger partial charge in [-0.05, 0) is 36.2 Å². The predicted molar refractivity (Wildman–Crippen MR) is 141 cm³/mol. The van der Waals surface area contributed by atoms with Crippen LogP contribution in [0.15, 0.2) is 42.5 Å². The van der Waals surface area contributed by atoms with Crippen molar-refractivity contribution in [3.05, 3.63) is 53.6 Å². The van der Waals surface area contributed by atoms with Crippen LogP contribution in [-0.2, 0) is 16.0 Å². The van der Waals surface area contributed by atoms with Gasteiger partial charge in [-0.15, -0.1) is 0 Å². The zero-order valence-electron chi connectivity index (χ0n) is 21.8. The largest absolute Gasteiger partial charge is 0.495 e. The van der Waals surface area contributed by atoms with Gasteiger partial charge in [0.2, 0.25) is 5.91 Å².